The lowest BCUT2D eigenvalue weighted by atomic mass is 10.1. The predicted molar refractivity (Wildman–Crippen MR) is 116 cm³/mol. The molecule has 0 atom stereocenters. The van der Waals surface area contributed by atoms with Gasteiger partial charge in [0.15, 0.2) is 5.69 Å². The van der Waals surface area contributed by atoms with Crippen molar-refractivity contribution in [2.24, 2.45) is 10.2 Å². The topological polar surface area (TPSA) is 79.6 Å². The number of thiophene rings is 1. The number of fused-ring (bicyclic) bond motifs is 1. The quantitative estimate of drug-likeness (QED) is 0.405. The Hall–Kier alpha value is -3.03. The van der Waals surface area contributed by atoms with Crippen LogP contribution in [-0.4, -0.2) is 15.7 Å². The minimum atomic E-state index is -0.560. The highest BCUT2D eigenvalue weighted by Gasteiger charge is 2.23. The van der Waals surface area contributed by atoms with Crippen molar-refractivity contribution in [1.29, 1.82) is 0 Å². The van der Waals surface area contributed by atoms with Gasteiger partial charge in [-0.1, -0.05) is 41.9 Å². The molecule has 0 saturated heterocycles. The Bertz CT molecular complexity index is 1350. The molecule has 146 valence electrons. The minimum absolute atomic E-state index is 0.0940. The Morgan fingerprint density at radius 3 is 2.62 bits per heavy atom. The van der Waals surface area contributed by atoms with E-state index in [-0.39, 0.29) is 5.69 Å². The molecule has 0 aliphatic rings. The van der Waals surface area contributed by atoms with Gasteiger partial charge in [-0.25, -0.2) is 0 Å². The fourth-order valence-electron chi connectivity index (χ4n) is 2.98. The molecule has 4 rings (SSSR count). The first kappa shape index (κ1) is 19.3. The first-order valence-corrected chi connectivity index (χ1v) is 10.1. The number of carbonyl (C=O) groups is 1. The summed E-state index contributed by atoms with van der Waals surface area (Å²) in [7, 11) is 0. The van der Waals surface area contributed by atoms with E-state index in [2.05, 4.69) is 15.3 Å². The largest absolute Gasteiger partial charge is 0.302 e. The maximum Gasteiger partial charge on any atom is 0.302 e. The third-order valence-electron chi connectivity index (χ3n) is 4.59. The fraction of sp³-hybridized carbons (Fsp3) is 0.143. The lowest BCUT2D eigenvalue weighted by molar-refractivity contribution is 0.0945. The molecule has 2 aromatic carbocycles. The standard InChI is InChI=1S/C21H17ClN4O2S/c1-11-8-9-12(2)15(10-11)23-24-18-13(3)25-26(20(18)27)21(28)19-17(22)14-6-4-5-7-16(14)29-19/h4-10,25H,1-3H3. The van der Waals surface area contributed by atoms with E-state index in [0.717, 1.165) is 25.9 Å². The van der Waals surface area contributed by atoms with Gasteiger partial charge in [0.25, 0.3) is 5.91 Å². The average Bonchev–Trinajstić information content (AvgIpc) is 3.19. The molecule has 29 heavy (non-hydrogen) atoms. The van der Waals surface area contributed by atoms with Gasteiger partial charge < -0.3 is 0 Å². The number of carbonyl (C=O) groups excluding carboxylic acids is 1. The molecule has 2 aromatic heterocycles. The first-order valence-electron chi connectivity index (χ1n) is 8.89. The van der Waals surface area contributed by atoms with Crippen molar-refractivity contribution in [3.63, 3.8) is 0 Å². The summed E-state index contributed by atoms with van der Waals surface area (Å²) in [5, 5.41) is 12.3. The van der Waals surface area contributed by atoms with Crippen molar-refractivity contribution in [3.05, 3.63) is 79.5 Å². The fourth-order valence-corrected chi connectivity index (χ4v) is 4.42. The molecule has 1 N–H and O–H groups in total. The van der Waals surface area contributed by atoms with E-state index >= 15 is 0 Å². The van der Waals surface area contributed by atoms with Gasteiger partial charge in [-0.3, -0.25) is 14.7 Å². The number of H-pyrrole nitrogens is 1. The van der Waals surface area contributed by atoms with Crippen LogP contribution in [-0.2, 0) is 0 Å². The molecule has 2 heterocycles. The summed E-state index contributed by atoms with van der Waals surface area (Å²) in [5.74, 6) is -0.516. The summed E-state index contributed by atoms with van der Waals surface area (Å²) in [4.78, 5) is 26.1. The Labute approximate surface area is 175 Å². The summed E-state index contributed by atoms with van der Waals surface area (Å²) in [5.41, 5.74) is 2.65. The Kier molecular flexibility index (Phi) is 4.94. The van der Waals surface area contributed by atoms with Crippen LogP contribution in [0.15, 0.2) is 57.5 Å². The summed E-state index contributed by atoms with van der Waals surface area (Å²) in [6.45, 7) is 5.55. The number of hydrogen-bond acceptors (Lipinski definition) is 5. The van der Waals surface area contributed by atoms with Crippen LogP contribution in [0.3, 0.4) is 0 Å². The first-order chi connectivity index (χ1) is 13.9. The summed E-state index contributed by atoms with van der Waals surface area (Å²) >= 11 is 7.64. The van der Waals surface area contributed by atoms with E-state index in [1.807, 2.05) is 56.3 Å². The van der Waals surface area contributed by atoms with E-state index in [1.54, 1.807) is 6.92 Å². The number of azo groups is 1. The summed E-state index contributed by atoms with van der Waals surface area (Å²) < 4.78 is 1.82. The van der Waals surface area contributed by atoms with Gasteiger partial charge in [-0.05, 0) is 44.0 Å². The van der Waals surface area contributed by atoms with Crippen LogP contribution in [0.1, 0.15) is 26.5 Å². The number of aromatic nitrogens is 2. The summed E-state index contributed by atoms with van der Waals surface area (Å²) in [6.07, 6.45) is 0. The molecular formula is C21H17ClN4O2S. The Morgan fingerprint density at radius 2 is 1.86 bits per heavy atom. The highest BCUT2D eigenvalue weighted by molar-refractivity contribution is 7.21. The van der Waals surface area contributed by atoms with Crippen molar-refractivity contribution in [1.82, 2.24) is 9.78 Å². The number of benzene rings is 2. The molecule has 0 spiro atoms. The van der Waals surface area contributed by atoms with Crippen LogP contribution in [0, 0.1) is 20.8 Å². The molecule has 0 fully saturated rings. The lowest BCUT2D eigenvalue weighted by Crippen LogP contribution is -2.24. The van der Waals surface area contributed by atoms with Gasteiger partial charge in [0.1, 0.15) is 4.88 Å². The van der Waals surface area contributed by atoms with Crippen molar-refractivity contribution >= 4 is 50.3 Å². The molecule has 0 unspecified atom stereocenters. The molecular weight excluding hydrogens is 408 g/mol. The number of hydrogen-bond donors (Lipinski definition) is 1. The van der Waals surface area contributed by atoms with Crippen molar-refractivity contribution in [2.45, 2.75) is 20.8 Å². The zero-order valence-electron chi connectivity index (χ0n) is 16.0. The van der Waals surface area contributed by atoms with Crippen LogP contribution in [0.2, 0.25) is 5.02 Å². The van der Waals surface area contributed by atoms with E-state index < -0.39 is 11.5 Å². The zero-order chi connectivity index (χ0) is 20.7. The van der Waals surface area contributed by atoms with E-state index in [0.29, 0.717) is 21.3 Å². The second-order valence-electron chi connectivity index (χ2n) is 6.76. The van der Waals surface area contributed by atoms with Crippen LogP contribution in [0.25, 0.3) is 10.1 Å². The minimum Gasteiger partial charge on any atom is -0.290 e. The summed E-state index contributed by atoms with van der Waals surface area (Å²) in [6, 6.07) is 13.3. The number of nitrogens with zero attached hydrogens (tertiary/aromatic N) is 3. The molecule has 0 radical (unpaired) electrons. The van der Waals surface area contributed by atoms with Gasteiger partial charge in [0, 0.05) is 10.1 Å². The monoisotopic (exact) mass is 424 g/mol. The number of nitrogens with one attached hydrogen (secondary N) is 1. The van der Waals surface area contributed by atoms with E-state index in [9.17, 15) is 9.59 Å². The third-order valence-corrected chi connectivity index (χ3v) is 6.26. The van der Waals surface area contributed by atoms with Crippen molar-refractivity contribution in [3.8, 4) is 0 Å². The highest BCUT2D eigenvalue weighted by Crippen LogP contribution is 2.35. The van der Waals surface area contributed by atoms with Gasteiger partial charge in [-0.2, -0.15) is 9.80 Å². The van der Waals surface area contributed by atoms with Crippen molar-refractivity contribution in [2.75, 3.05) is 0 Å². The molecule has 0 amide bonds. The lowest BCUT2D eigenvalue weighted by Gasteiger charge is -1.99. The second kappa shape index (κ2) is 7.42. The predicted octanol–water partition coefficient (Wildman–Crippen LogP) is 6.07. The number of aromatic amines is 1. The molecule has 0 saturated carbocycles. The average molecular weight is 425 g/mol. The Morgan fingerprint density at radius 1 is 1.10 bits per heavy atom. The molecule has 0 bridgehead atoms. The zero-order valence-corrected chi connectivity index (χ0v) is 17.6. The highest BCUT2D eigenvalue weighted by atomic mass is 35.5. The molecule has 0 aliphatic carbocycles. The van der Waals surface area contributed by atoms with E-state index in [4.69, 9.17) is 11.6 Å². The van der Waals surface area contributed by atoms with Gasteiger partial charge in [0.2, 0.25) is 0 Å². The Balaban J connectivity index is 1.74. The molecule has 6 nitrogen and oxygen atoms in total. The number of halogens is 1. The van der Waals surface area contributed by atoms with Gasteiger partial charge in [-0.15, -0.1) is 16.5 Å². The van der Waals surface area contributed by atoms with Crippen LogP contribution >= 0.6 is 22.9 Å². The van der Waals surface area contributed by atoms with Crippen molar-refractivity contribution < 1.29 is 4.79 Å². The maximum absolute atomic E-state index is 13.0. The number of aryl methyl sites for hydroxylation is 3. The number of rotatable bonds is 3. The second-order valence-corrected chi connectivity index (χ2v) is 8.19. The molecule has 0 aliphatic heterocycles. The molecule has 4 aromatic rings. The van der Waals surface area contributed by atoms with Gasteiger partial charge in [0.05, 0.1) is 16.4 Å². The van der Waals surface area contributed by atoms with Gasteiger partial charge >= 0.3 is 5.56 Å². The SMILES string of the molecule is Cc1ccc(C)c(N=Nc2c(C)[nH]n(C(=O)c3sc4ccccc4c3Cl)c2=O)c1. The third kappa shape index (κ3) is 3.43. The van der Waals surface area contributed by atoms with Crippen LogP contribution in [0.5, 0.6) is 0 Å². The molecule has 8 heteroatoms. The smallest absolute Gasteiger partial charge is 0.290 e. The normalized spacial score (nSPS) is 11.6. The van der Waals surface area contributed by atoms with Crippen LogP contribution in [0.4, 0.5) is 11.4 Å². The van der Waals surface area contributed by atoms with E-state index in [1.165, 1.54) is 11.3 Å². The maximum atomic E-state index is 13.0. The van der Waals surface area contributed by atoms with Crippen LogP contribution < -0.4 is 5.56 Å².